The number of aromatic nitrogens is 3. The summed E-state index contributed by atoms with van der Waals surface area (Å²) in [6, 6.07) is 9.78. The van der Waals surface area contributed by atoms with Gasteiger partial charge in [-0.25, -0.2) is 4.98 Å². The van der Waals surface area contributed by atoms with E-state index < -0.39 is 0 Å². The third kappa shape index (κ3) is 3.27. The first kappa shape index (κ1) is 15.7. The Morgan fingerprint density at radius 3 is 2.83 bits per heavy atom. The van der Waals surface area contributed by atoms with Crippen LogP contribution in [0.2, 0.25) is 0 Å². The molecule has 0 radical (unpaired) electrons. The van der Waals surface area contributed by atoms with E-state index in [1.54, 1.807) is 6.07 Å². The quantitative estimate of drug-likeness (QED) is 0.779. The summed E-state index contributed by atoms with van der Waals surface area (Å²) in [5, 5.41) is 8.59. The van der Waals surface area contributed by atoms with Gasteiger partial charge in [-0.15, -0.1) is 0 Å². The molecule has 0 saturated carbocycles. The summed E-state index contributed by atoms with van der Waals surface area (Å²) >= 11 is 1.47. The molecule has 2 heterocycles. The predicted octanol–water partition coefficient (Wildman–Crippen LogP) is 3.45. The highest BCUT2D eigenvalue weighted by Gasteiger charge is 2.09. The summed E-state index contributed by atoms with van der Waals surface area (Å²) in [5.41, 5.74) is 2.96. The highest BCUT2D eigenvalue weighted by molar-refractivity contribution is 7.16. The Kier molecular flexibility index (Phi) is 4.43. The Balaban J connectivity index is 1.86. The van der Waals surface area contributed by atoms with E-state index in [-0.39, 0.29) is 5.56 Å². The molecule has 1 aromatic carbocycles. The number of nitrogens with one attached hydrogen (secondary N) is 1. The van der Waals surface area contributed by atoms with E-state index in [0.717, 1.165) is 22.8 Å². The van der Waals surface area contributed by atoms with Gasteiger partial charge < -0.3 is 5.32 Å². The Morgan fingerprint density at radius 1 is 1.30 bits per heavy atom. The van der Waals surface area contributed by atoms with Crippen molar-refractivity contribution in [3.05, 3.63) is 57.0 Å². The van der Waals surface area contributed by atoms with Crippen LogP contribution in [-0.4, -0.2) is 14.6 Å². The van der Waals surface area contributed by atoms with Crippen LogP contribution in [-0.2, 0) is 13.0 Å². The molecule has 3 aromatic rings. The lowest BCUT2D eigenvalue weighted by atomic mass is 10.0. The number of benzene rings is 1. The van der Waals surface area contributed by atoms with Gasteiger partial charge in [0.1, 0.15) is 5.01 Å². The number of aryl methyl sites for hydroxylation is 1. The highest BCUT2D eigenvalue weighted by atomic mass is 32.1. The van der Waals surface area contributed by atoms with Gasteiger partial charge in [-0.05, 0) is 24.0 Å². The number of hydrogen-bond donors (Lipinski definition) is 1. The zero-order valence-electron chi connectivity index (χ0n) is 13.5. The topological polar surface area (TPSA) is 59.3 Å². The minimum Gasteiger partial charge on any atom is -0.379 e. The van der Waals surface area contributed by atoms with Gasteiger partial charge in [0.2, 0.25) is 4.96 Å². The first-order chi connectivity index (χ1) is 11.1. The fourth-order valence-electron chi connectivity index (χ4n) is 2.48. The zero-order valence-corrected chi connectivity index (χ0v) is 14.4. The summed E-state index contributed by atoms with van der Waals surface area (Å²) < 4.78 is 1.38. The second-order valence-corrected chi connectivity index (χ2v) is 6.77. The van der Waals surface area contributed by atoms with Gasteiger partial charge in [-0.3, -0.25) is 4.79 Å². The van der Waals surface area contributed by atoms with Crippen molar-refractivity contribution in [3.63, 3.8) is 0 Å². The number of nitrogens with zero attached hydrogens (tertiary/aromatic N) is 3. The van der Waals surface area contributed by atoms with Crippen LogP contribution in [0.3, 0.4) is 0 Å². The maximum absolute atomic E-state index is 12.2. The first-order valence-electron chi connectivity index (χ1n) is 7.80. The lowest BCUT2D eigenvalue weighted by Gasteiger charge is -2.14. The van der Waals surface area contributed by atoms with E-state index >= 15 is 0 Å². The molecule has 0 atom stereocenters. The molecule has 23 heavy (non-hydrogen) atoms. The monoisotopic (exact) mass is 328 g/mol. The molecule has 0 bridgehead atoms. The Labute approximate surface area is 139 Å². The fraction of sp³-hybridized carbons (Fsp3) is 0.353. The van der Waals surface area contributed by atoms with Gasteiger partial charge in [0.15, 0.2) is 0 Å². The molecule has 0 aliphatic carbocycles. The molecule has 0 amide bonds. The number of fused-ring (bicyclic) bond motifs is 1. The van der Waals surface area contributed by atoms with Crippen molar-refractivity contribution in [2.75, 3.05) is 5.32 Å². The summed E-state index contributed by atoms with van der Waals surface area (Å²) in [4.78, 5) is 17.4. The van der Waals surface area contributed by atoms with Crippen molar-refractivity contribution in [1.29, 1.82) is 0 Å². The summed E-state index contributed by atoms with van der Waals surface area (Å²) in [5.74, 6) is 0.438. The normalized spacial score (nSPS) is 11.3. The number of hydrogen-bond acceptors (Lipinski definition) is 5. The SMILES string of the molecule is CCc1nn2c(=O)cc(CNc3ccccc3C(C)C)nc2s1. The van der Waals surface area contributed by atoms with Gasteiger partial charge in [0.05, 0.1) is 12.2 Å². The zero-order chi connectivity index (χ0) is 16.4. The van der Waals surface area contributed by atoms with E-state index in [1.807, 2.05) is 19.1 Å². The lowest BCUT2D eigenvalue weighted by molar-refractivity contribution is 0.843. The second kappa shape index (κ2) is 6.50. The van der Waals surface area contributed by atoms with Gasteiger partial charge in [-0.1, -0.05) is 50.3 Å². The molecule has 0 unspecified atom stereocenters. The van der Waals surface area contributed by atoms with Crippen LogP contribution in [0, 0.1) is 0 Å². The third-order valence-corrected chi connectivity index (χ3v) is 4.74. The molecule has 1 N–H and O–H groups in total. The smallest absolute Gasteiger partial charge is 0.275 e. The van der Waals surface area contributed by atoms with Crippen LogP contribution in [0.4, 0.5) is 5.69 Å². The molecule has 5 nitrogen and oxygen atoms in total. The molecule has 3 rings (SSSR count). The lowest BCUT2D eigenvalue weighted by Crippen LogP contribution is -2.17. The van der Waals surface area contributed by atoms with Crippen LogP contribution < -0.4 is 10.9 Å². The molecule has 6 heteroatoms. The predicted molar refractivity (Wildman–Crippen MR) is 94.4 cm³/mol. The van der Waals surface area contributed by atoms with Crippen molar-refractivity contribution in [2.24, 2.45) is 0 Å². The van der Waals surface area contributed by atoms with Crippen molar-refractivity contribution in [2.45, 2.75) is 39.7 Å². The van der Waals surface area contributed by atoms with Crippen molar-refractivity contribution < 1.29 is 0 Å². The standard InChI is InChI=1S/C17H20N4OS/c1-4-15-20-21-16(22)9-12(19-17(21)23-15)10-18-14-8-6-5-7-13(14)11(2)3/h5-9,11,18H,4,10H2,1-3H3. The average molecular weight is 328 g/mol. The molecular formula is C17H20N4OS. The molecule has 0 spiro atoms. The highest BCUT2D eigenvalue weighted by Crippen LogP contribution is 2.24. The van der Waals surface area contributed by atoms with Crippen LogP contribution >= 0.6 is 11.3 Å². The van der Waals surface area contributed by atoms with E-state index in [0.29, 0.717) is 17.4 Å². The van der Waals surface area contributed by atoms with Crippen molar-refractivity contribution >= 4 is 22.0 Å². The van der Waals surface area contributed by atoms with Gasteiger partial charge in [-0.2, -0.15) is 9.61 Å². The maximum atomic E-state index is 12.2. The van der Waals surface area contributed by atoms with Crippen LogP contribution in [0.15, 0.2) is 35.1 Å². The minimum atomic E-state index is -0.125. The minimum absolute atomic E-state index is 0.125. The Morgan fingerprint density at radius 2 is 2.09 bits per heavy atom. The molecular weight excluding hydrogens is 308 g/mol. The molecule has 0 fully saturated rings. The van der Waals surface area contributed by atoms with Crippen LogP contribution in [0.25, 0.3) is 4.96 Å². The van der Waals surface area contributed by atoms with Crippen LogP contribution in [0.1, 0.15) is 43.0 Å². The number of rotatable bonds is 5. The van der Waals surface area contributed by atoms with Gasteiger partial charge in [0, 0.05) is 11.8 Å². The number of anilines is 1. The first-order valence-corrected chi connectivity index (χ1v) is 8.61. The Bertz CT molecular complexity index is 882. The summed E-state index contributed by atoms with van der Waals surface area (Å²) in [7, 11) is 0. The van der Waals surface area contributed by atoms with E-state index in [1.165, 1.54) is 21.4 Å². The molecule has 2 aromatic heterocycles. The summed E-state index contributed by atoms with van der Waals surface area (Å²) in [6.45, 7) is 6.88. The van der Waals surface area contributed by atoms with Gasteiger partial charge >= 0.3 is 0 Å². The fourth-order valence-corrected chi connectivity index (χ4v) is 3.33. The van der Waals surface area contributed by atoms with Gasteiger partial charge in [0.25, 0.3) is 5.56 Å². The van der Waals surface area contributed by atoms with Crippen molar-refractivity contribution in [3.8, 4) is 0 Å². The third-order valence-electron chi connectivity index (χ3n) is 3.69. The maximum Gasteiger partial charge on any atom is 0.275 e. The molecule has 0 saturated heterocycles. The largest absolute Gasteiger partial charge is 0.379 e. The van der Waals surface area contributed by atoms with E-state index in [4.69, 9.17) is 0 Å². The average Bonchev–Trinajstić information content (AvgIpc) is 2.97. The second-order valence-electron chi connectivity index (χ2n) is 5.72. The molecule has 120 valence electrons. The molecule has 0 aliphatic rings. The van der Waals surface area contributed by atoms with Crippen LogP contribution in [0.5, 0.6) is 0 Å². The van der Waals surface area contributed by atoms with E-state index in [9.17, 15) is 4.79 Å². The Hall–Kier alpha value is -2.21. The molecule has 0 aliphatic heterocycles. The summed E-state index contributed by atoms with van der Waals surface area (Å²) in [6.07, 6.45) is 0.808. The number of para-hydroxylation sites is 1. The van der Waals surface area contributed by atoms with E-state index in [2.05, 4.69) is 41.4 Å². The van der Waals surface area contributed by atoms with Crippen molar-refractivity contribution in [1.82, 2.24) is 14.6 Å².